The fraction of sp³-hybridized carbons (Fsp3) is 0.350. The van der Waals surface area contributed by atoms with E-state index in [-0.39, 0.29) is 5.91 Å². The van der Waals surface area contributed by atoms with Gasteiger partial charge in [0.25, 0.3) is 5.91 Å². The first kappa shape index (κ1) is 18.9. The molecule has 4 rings (SSSR count). The van der Waals surface area contributed by atoms with Crippen LogP contribution in [0, 0.1) is 13.8 Å². The van der Waals surface area contributed by atoms with Crippen molar-refractivity contribution >= 4 is 11.6 Å². The van der Waals surface area contributed by atoms with Crippen molar-refractivity contribution < 1.29 is 4.79 Å². The number of hydrogen-bond donors (Lipinski definition) is 1. The average Bonchev–Trinajstić information content (AvgIpc) is 3.42. The molecular weight excluding hydrogens is 368 g/mol. The van der Waals surface area contributed by atoms with Crippen molar-refractivity contribution in [1.82, 2.24) is 39.5 Å². The van der Waals surface area contributed by atoms with Crippen LogP contribution in [0.15, 0.2) is 30.9 Å². The van der Waals surface area contributed by atoms with Gasteiger partial charge in [-0.3, -0.25) is 14.2 Å². The zero-order valence-corrected chi connectivity index (χ0v) is 17.0. The highest BCUT2D eigenvalue weighted by Crippen LogP contribution is 2.23. The molecule has 4 heterocycles. The summed E-state index contributed by atoms with van der Waals surface area (Å²) in [6.07, 6.45) is 7.03. The Hall–Kier alpha value is -3.49. The molecule has 0 saturated carbocycles. The van der Waals surface area contributed by atoms with Crippen molar-refractivity contribution in [3.05, 3.63) is 53.4 Å². The van der Waals surface area contributed by atoms with Crippen molar-refractivity contribution in [3.8, 4) is 11.3 Å². The molecule has 0 aliphatic carbocycles. The maximum absolute atomic E-state index is 12.8. The molecule has 0 radical (unpaired) electrons. The average molecular weight is 392 g/mol. The summed E-state index contributed by atoms with van der Waals surface area (Å²) >= 11 is 0. The topological polar surface area (TPSA) is 94.9 Å². The molecule has 0 saturated heterocycles. The number of nitrogens with one attached hydrogen (secondary N) is 1. The number of fused-ring (bicyclic) bond motifs is 1. The monoisotopic (exact) mass is 392 g/mol. The van der Waals surface area contributed by atoms with Crippen LogP contribution in [0.2, 0.25) is 0 Å². The van der Waals surface area contributed by atoms with Crippen LogP contribution in [0.25, 0.3) is 16.9 Å². The second kappa shape index (κ2) is 7.50. The van der Waals surface area contributed by atoms with Gasteiger partial charge in [-0.2, -0.15) is 15.3 Å². The summed E-state index contributed by atoms with van der Waals surface area (Å²) in [5, 5.41) is 16.2. The lowest BCUT2D eigenvalue weighted by Crippen LogP contribution is -2.23. The molecule has 9 nitrogen and oxygen atoms in total. The lowest BCUT2D eigenvalue weighted by atomic mass is 10.2. The van der Waals surface area contributed by atoms with Crippen LogP contribution >= 0.6 is 0 Å². The van der Waals surface area contributed by atoms with E-state index in [1.807, 2.05) is 49.3 Å². The maximum atomic E-state index is 12.8. The fourth-order valence-corrected chi connectivity index (χ4v) is 3.44. The van der Waals surface area contributed by atoms with Gasteiger partial charge >= 0.3 is 0 Å². The Morgan fingerprint density at radius 2 is 1.97 bits per heavy atom. The SMILES string of the molecule is CCn1cc(-c2ccnc3c(C(=O)NCc4cnn(CC)c4C)cnn23)c(C)n1. The number of amides is 1. The van der Waals surface area contributed by atoms with Crippen LogP contribution in [0.5, 0.6) is 0 Å². The predicted molar refractivity (Wildman–Crippen MR) is 108 cm³/mol. The van der Waals surface area contributed by atoms with Gasteiger partial charge in [0.2, 0.25) is 0 Å². The Morgan fingerprint density at radius 1 is 1.14 bits per heavy atom. The Bertz CT molecular complexity index is 1180. The molecule has 0 aliphatic rings. The Morgan fingerprint density at radius 3 is 2.66 bits per heavy atom. The number of carbonyl (C=O) groups is 1. The van der Waals surface area contributed by atoms with E-state index in [0.29, 0.717) is 17.8 Å². The minimum atomic E-state index is -0.214. The van der Waals surface area contributed by atoms with Gasteiger partial charge in [0, 0.05) is 48.8 Å². The maximum Gasteiger partial charge on any atom is 0.257 e. The highest BCUT2D eigenvalue weighted by Gasteiger charge is 2.18. The first-order chi connectivity index (χ1) is 14.0. The van der Waals surface area contributed by atoms with Crippen molar-refractivity contribution in [2.24, 2.45) is 0 Å². The molecule has 29 heavy (non-hydrogen) atoms. The summed E-state index contributed by atoms with van der Waals surface area (Å²) in [5.41, 5.74) is 5.73. The molecule has 0 fully saturated rings. The second-order valence-corrected chi connectivity index (χ2v) is 6.86. The molecule has 1 amide bonds. The molecule has 4 aromatic rings. The highest BCUT2D eigenvalue weighted by atomic mass is 16.1. The van der Waals surface area contributed by atoms with Crippen LogP contribution in [0.4, 0.5) is 0 Å². The van der Waals surface area contributed by atoms with E-state index in [1.54, 1.807) is 23.1 Å². The van der Waals surface area contributed by atoms with Crippen molar-refractivity contribution in [2.45, 2.75) is 47.3 Å². The standard InChI is InChI=1S/C20H24N8O/c1-5-26-12-17(13(3)25-26)18-7-8-21-19-16(11-24-28(18)19)20(29)22-9-15-10-23-27(6-2)14(15)4/h7-8,10-12H,5-6,9H2,1-4H3,(H,22,29). The largest absolute Gasteiger partial charge is 0.348 e. The summed E-state index contributed by atoms with van der Waals surface area (Å²) in [4.78, 5) is 17.2. The summed E-state index contributed by atoms with van der Waals surface area (Å²) in [6, 6.07) is 1.88. The molecule has 4 aromatic heterocycles. The molecule has 0 aromatic carbocycles. The Labute approximate surface area is 168 Å². The van der Waals surface area contributed by atoms with E-state index in [2.05, 4.69) is 25.6 Å². The molecule has 0 bridgehead atoms. The molecule has 0 atom stereocenters. The number of rotatable bonds is 6. The minimum Gasteiger partial charge on any atom is -0.348 e. The summed E-state index contributed by atoms with van der Waals surface area (Å²) in [7, 11) is 0. The zero-order valence-electron chi connectivity index (χ0n) is 17.0. The summed E-state index contributed by atoms with van der Waals surface area (Å²) in [6.45, 7) is 10.0. The van der Waals surface area contributed by atoms with Gasteiger partial charge in [-0.1, -0.05) is 0 Å². The molecule has 150 valence electrons. The first-order valence-electron chi connectivity index (χ1n) is 9.70. The summed E-state index contributed by atoms with van der Waals surface area (Å²) < 4.78 is 5.48. The van der Waals surface area contributed by atoms with Crippen LogP contribution in [0.3, 0.4) is 0 Å². The predicted octanol–water partition coefficient (Wildman–Crippen LogP) is 2.38. The van der Waals surface area contributed by atoms with Gasteiger partial charge in [-0.05, 0) is 33.8 Å². The zero-order chi connectivity index (χ0) is 20.5. The van der Waals surface area contributed by atoms with E-state index < -0.39 is 0 Å². The number of aryl methyl sites for hydroxylation is 3. The van der Waals surface area contributed by atoms with E-state index in [9.17, 15) is 4.79 Å². The van der Waals surface area contributed by atoms with E-state index >= 15 is 0 Å². The van der Waals surface area contributed by atoms with E-state index in [0.717, 1.165) is 41.3 Å². The van der Waals surface area contributed by atoms with E-state index in [4.69, 9.17) is 0 Å². The van der Waals surface area contributed by atoms with Gasteiger partial charge < -0.3 is 5.32 Å². The van der Waals surface area contributed by atoms with Gasteiger partial charge in [0.05, 0.1) is 23.8 Å². The Kier molecular flexibility index (Phi) is 4.87. The molecule has 0 aliphatic heterocycles. The molecule has 0 unspecified atom stereocenters. The van der Waals surface area contributed by atoms with E-state index in [1.165, 1.54) is 0 Å². The number of nitrogens with zero attached hydrogens (tertiary/aromatic N) is 7. The normalized spacial score (nSPS) is 11.3. The van der Waals surface area contributed by atoms with Crippen molar-refractivity contribution in [2.75, 3.05) is 0 Å². The third-order valence-electron chi connectivity index (χ3n) is 5.14. The second-order valence-electron chi connectivity index (χ2n) is 6.86. The third kappa shape index (κ3) is 3.28. The number of aromatic nitrogens is 7. The molecular formula is C20H24N8O. The van der Waals surface area contributed by atoms with Crippen LogP contribution in [-0.2, 0) is 19.6 Å². The number of carbonyl (C=O) groups excluding carboxylic acids is 1. The van der Waals surface area contributed by atoms with Gasteiger partial charge in [-0.15, -0.1) is 0 Å². The molecule has 0 spiro atoms. The smallest absolute Gasteiger partial charge is 0.257 e. The highest BCUT2D eigenvalue weighted by molar-refractivity contribution is 5.99. The fourth-order valence-electron chi connectivity index (χ4n) is 3.44. The van der Waals surface area contributed by atoms with Crippen LogP contribution in [-0.4, -0.2) is 40.1 Å². The lowest BCUT2D eigenvalue weighted by molar-refractivity contribution is 0.0952. The lowest BCUT2D eigenvalue weighted by Gasteiger charge is -2.06. The first-order valence-corrected chi connectivity index (χ1v) is 9.70. The Balaban J connectivity index is 1.62. The molecule has 1 N–H and O–H groups in total. The molecule has 9 heteroatoms. The third-order valence-corrected chi connectivity index (χ3v) is 5.14. The van der Waals surface area contributed by atoms with Crippen LogP contribution < -0.4 is 5.32 Å². The quantitative estimate of drug-likeness (QED) is 0.544. The van der Waals surface area contributed by atoms with Gasteiger partial charge in [-0.25, -0.2) is 9.50 Å². The number of hydrogen-bond acceptors (Lipinski definition) is 5. The van der Waals surface area contributed by atoms with Gasteiger partial charge in [0.15, 0.2) is 5.65 Å². The van der Waals surface area contributed by atoms with Crippen molar-refractivity contribution in [1.29, 1.82) is 0 Å². The van der Waals surface area contributed by atoms with Crippen molar-refractivity contribution in [3.63, 3.8) is 0 Å². The van der Waals surface area contributed by atoms with Crippen LogP contribution in [0.1, 0.15) is 41.2 Å². The van der Waals surface area contributed by atoms with Gasteiger partial charge in [0.1, 0.15) is 5.56 Å². The summed E-state index contributed by atoms with van der Waals surface area (Å²) in [5.74, 6) is -0.214. The minimum absolute atomic E-state index is 0.214.